The number of esters is 1. The first kappa shape index (κ1) is 15.2. The van der Waals surface area contributed by atoms with Gasteiger partial charge in [0.25, 0.3) is 5.69 Å². The van der Waals surface area contributed by atoms with Gasteiger partial charge >= 0.3 is 12.1 Å². The summed E-state index contributed by atoms with van der Waals surface area (Å²) < 4.78 is 42.9. The second-order valence-corrected chi connectivity index (χ2v) is 3.70. The molecule has 5 nitrogen and oxygen atoms in total. The van der Waals surface area contributed by atoms with Crippen molar-refractivity contribution < 1.29 is 27.6 Å². The second kappa shape index (κ2) is 5.43. The molecule has 1 rings (SSSR count). The third-order valence-corrected chi connectivity index (χ3v) is 2.41. The molecule has 0 N–H and O–H groups in total. The maximum Gasteiger partial charge on any atom is 0.418 e. The third-order valence-electron chi connectivity index (χ3n) is 2.09. The molecular weight excluding hydrogens is 291 g/mol. The Bertz CT molecular complexity index is 530. The lowest BCUT2D eigenvalue weighted by Crippen LogP contribution is -2.18. The molecule has 1 aromatic rings. The van der Waals surface area contributed by atoms with E-state index in [1.807, 2.05) is 0 Å². The number of hydrogen-bond acceptors (Lipinski definition) is 4. The standard InChI is InChI=1S/C10H7ClF3NO4/c1-2-19-9(16)7-6(15(17)18)4-3-5(11)8(7)10(12,13)14/h3-4H,2H2,1H3. The zero-order valence-corrected chi connectivity index (χ0v) is 10.2. The van der Waals surface area contributed by atoms with Gasteiger partial charge in [-0.15, -0.1) is 0 Å². The van der Waals surface area contributed by atoms with Crippen molar-refractivity contribution in [2.24, 2.45) is 0 Å². The van der Waals surface area contributed by atoms with Crippen molar-refractivity contribution in [1.82, 2.24) is 0 Å². The van der Waals surface area contributed by atoms with Gasteiger partial charge < -0.3 is 4.74 Å². The number of nitro groups is 1. The Morgan fingerprint density at radius 2 is 2.05 bits per heavy atom. The van der Waals surface area contributed by atoms with Crippen molar-refractivity contribution in [3.8, 4) is 0 Å². The zero-order chi connectivity index (χ0) is 14.8. The summed E-state index contributed by atoms with van der Waals surface area (Å²) >= 11 is 5.38. The van der Waals surface area contributed by atoms with Gasteiger partial charge in [0.05, 0.1) is 22.1 Å². The van der Waals surface area contributed by atoms with Gasteiger partial charge in [0.1, 0.15) is 0 Å². The fourth-order valence-corrected chi connectivity index (χ4v) is 1.67. The highest BCUT2D eigenvalue weighted by Gasteiger charge is 2.42. The highest BCUT2D eigenvalue weighted by atomic mass is 35.5. The van der Waals surface area contributed by atoms with E-state index in [0.717, 1.165) is 6.07 Å². The number of carbonyl (C=O) groups excluding carboxylic acids is 1. The molecule has 0 spiro atoms. The minimum atomic E-state index is -5.01. The van der Waals surface area contributed by atoms with Crippen LogP contribution in [-0.2, 0) is 10.9 Å². The largest absolute Gasteiger partial charge is 0.462 e. The van der Waals surface area contributed by atoms with E-state index in [4.69, 9.17) is 11.6 Å². The van der Waals surface area contributed by atoms with Crippen LogP contribution in [0.25, 0.3) is 0 Å². The number of carbonyl (C=O) groups is 1. The van der Waals surface area contributed by atoms with Gasteiger partial charge in [-0.1, -0.05) is 11.6 Å². The average molecular weight is 298 g/mol. The molecule has 19 heavy (non-hydrogen) atoms. The zero-order valence-electron chi connectivity index (χ0n) is 9.45. The summed E-state index contributed by atoms with van der Waals surface area (Å²) in [5.74, 6) is -1.44. The van der Waals surface area contributed by atoms with Crippen molar-refractivity contribution in [2.45, 2.75) is 13.1 Å². The van der Waals surface area contributed by atoms with E-state index in [1.165, 1.54) is 6.92 Å². The van der Waals surface area contributed by atoms with Crippen molar-refractivity contribution in [3.63, 3.8) is 0 Å². The Morgan fingerprint density at radius 1 is 1.47 bits per heavy atom. The lowest BCUT2D eigenvalue weighted by molar-refractivity contribution is -0.385. The molecule has 0 aliphatic rings. The molecule has 9 heteroatoms. The van der Waals surface area contributed by atoms with E-state index in [-0.39, 0.29) is 6.61 Å². The Balaban J connectivity index is 3.64. The van der Waals surface area contributed by atoms with E-state index >= 15 is 0 Å². The van der Waals surface area contributed by atoms with Crippen LogP contribution in [0.5, 0.6) is 0 Å². The average Bonchev–Trinajstić information content (AvgIpc) is 2.26. The Hall–Kier alpha value is -1.83. The molecular formula is C10H7ClF3NO4. The van der Waals surface area contributed by atoms with Crippen LogP contribution in [0.15, 0.2) is 12.1 Å². The lowest BCUT2D eigenvalue weighted by atomic mass is 10.0. The van der Waals surface area contributed by atoms with Crippen molar-refractivity contribution in [3.05, 3.63) is 38.4 Å². The molecule has 104 valence electrons. The van der Waals surface area contributed by atoms with Crippen LogP contribution < -0.4 is 0 Å². The lowest BCUT2D eigenvalue weighted by Gasteiger charge is -2.13. The van der Waals surface area contributed by atoms with E-state index in [0.29, 0.717) is 6.07 Å². The Labute approximate surface area is 110 Å². The second-order valence-electron chi connectivity index (χ2n) is 3.29. The number of halogens is 4. The van der Waals surface area contributed by atoms with E-state index < -0.39 is 38.9 Å². The smallest absolute Gasteiger partial charge is 0.418 e. The molecule has 0 fully saturated rings. The number of rotatable bonds is 3. The predicted octanol–water partition coefficient (Wildman–Crippen LogP) is 3.44. The molecule has 0 aliphatic carbocycles. The Morgan fingerprint density at radius 3 is 2.47 bits per heavy atom. The summed E-state index contributed by atoms with van der Waals surface area (Å²) in [5, 5.41) is 9.90. The predicted molar refractivity (Wildman–Crippen MR) is 59.1 cm³/mol. The molecule has 0 radical (unpaired) electrons. The SMILES string of the molecule is CCOC(=O)c1c([N+](=O)[O-])ccc(Cl)c1C(F)(F)F. The quantitative estimate of drug-likeness (QED) is 0.487. The molecule has 1 aromatic carbocycles. The normalized spacial score (nSPS) is 11.2. The molecule has 0 atom stereocenters. The monoisotopic (exact) mass is 297 g/mol. The highest BCUT2D eigenvalue weighted by molar-refractivity contribution is 6.32. The fourth-order valence-electron chi connectivity index (χ4n) is 1.41. The van der Waals surface area contributed by atoms with Gasteiger partial charge in [0, 0.05) is 6.07 Å². The van der Waals surface area contributed by atoms with Crippen LogP contribution in [-0.4, -0.2) is 17.5 Å². The van der Waals surface area contributed by atoms with Crippen LogP contribution in [0.1, 0.15) is 22.8 Å². The van der Waals surface area contributed by atoms with Gasteiger partial charge in [0.15, 0.2) is 5.56 Å². The molecule has 0 aromatic heterocycles. The minimum absolute atomic E-state index is 0.222. The molecule has 0 saturated carbocycles. The van der Waals surface area contributed by atoms with Gasteiger partial charge in [0.2, 0.25) is 0 Å². The number of nitrogens with zero attached hydrogens (tertiary/aromatic N) is 1. The minimum Gasteiger partial charge on any atom is -0.462 e. The summed E-state index contributed by atoms with van der Waals surface area (Å²) in [7, 11) is 0. The first-order valence-corrected chi connectivity index (χ1v) is 5.29. The molecule has 0 heterocycles. The molecule has 0 bridgehead atoms. The van der Waals surface area contributed by atoms with Crippen LogP contribution >= 0.6 is 11.6 Å². The van der Waals surface area contributed by atoms with Crippen LogP contribution in [0, 0.1) is 10.1 Å². The maximum absolute atomic E-state index is 12.8. The van der Waals surface area contributed by atoms with Gasteiger partial charge in [-0.25, -0.2) is 4.79 Å². The summed E-state index contributed by atoms with van der Waals surface area (Å²) in [6, 6.07) is 1.44. The first-order valence-electron chi connectivity index (χ1n) is 4.91. The molecule has 0 saturated heterocycles. The van der Waals surface area contributed by atoms with E-state index in [9.17, 15) is 28.1 Å². The van der Waals surface area contributed by atoms with Gasteiger partial charge in [-0.05, 0) is 13.0 Å². The van der Waals surface area contributed by atoms with Crippen LogP contribution in [0.3, 0.4) is 0 Å². The Kier molecular flexibility index (Phi) is 4.35. The van der Waals surface area contributed by atoms with E-state index in [2.05, 4.69) is 4.74 Å². The number of alkyl halides is 3. The van der Waals surface area contributed by atoms with Crippen LogP contribution in [0.4, 0.5) is 18.9 Å². The summed E-state index contributed by atoms with van der Waals surface area (Å²) in [5.41, 5.74) is -3.76. The summed E-state index contributed by atoms with van der Waals surface area (Å²) in [6.07, 6.45) is -5.01. The van der Waals surface area contributed by atoms with Crippen LogP contribution in [0.2, 0.25) is 5.02 Å². The van der Waals surface area contributed by atoms with Gasteiger partial charge in [-0.3, -0.25) is 10.1 Å². The summed E-state index contributed by atoms with van der Waals surface area (Å²) in [6.45, 7) is 1.14. The fraction of sp³-hybridized carbons (Fsp3) is 0.300. The van der Waals surface area contributed by atoms with Crippen molar-refractivity contribution in [2.75, 3.05) is 6.61 Å². The van der Waals surface area contributed by atoms with E-state index in [1.54, 1.807) is 0 Å². The van der Waals surface area contributed by atoms with Gasteiger partial charge in [-0.2, -0.15) is 13.2 Å². The summed E-state index contributed by atoms with van der Waals surface area (Å²) in [4.78, 5) is 21.1. The number of ether oxygens (including phenoxy) is 1. The van der Waals surface area contributed by atoms with Crippen molar-refractivity contribution >= 4 is 23.3 Å². The molecule has 0 amide bonds. The highest BCUT2D eigenvalue weighted by Crippen LogP contribution is 2.40. The first-order chi connectivity index (χ1) is 8.70. The number of benzene rings is 1. The molecule has 0 unspecified atom stereocenters. The topological polar surface area (TPSA) is 69.4 Å². The number of nitro benzene ring substituents is 1. The van der Waals surface area contributed by atoms with Crippen molar-refractivity contribution in [1.29, 1.82) is 0 Å². The number of hydrogen-bond donors (Lipinski definition) is 0. The third kappa shape index (κ3) is 3.14. The maximum atomic E-state index is 12.8. The molecule has 0 aliphatic heterocycles.